The first kappa shape index (κ1) is 23.5. The van der Waals surface area contributed by atoms with Gasteiger partial charge in [-0.15, -0.1) is 0 Å². The van der Waals surface area contributed by atoms with E-state index in [9.17, 15) is 19.8 Å². The van der Waals surface area contributed by atoms with E-state index in [1.165, 1.54) is 25.6 Å². The maximum atomic E-state index is 14.4. The molecule has 2 aromatic carbocycles. The number of halogens is 1. The van der Waals surface area contributed by atoms with E-state index in [1.807, 2.05) is 0 Å². The van der Waals surface area contributed by atoms with Crippen molar-refractivity contribution in [3.8, 4) is 6.07 Å². The fourth-order valence-electron chi connectivity index (χ4n) is 3.82. The van der Waals surface area contributed by atoms with Crippen LogP contribution >= 0.6 is 19.0 Å². The highest BCUT2D eigenvalue weighted by atomic mass is 35.5. The second kappa shape index (κ2) is 9.32. The lowest BCUT2D eigenvalue weighted by molar-refractivity contribution is -0.605. The van der Waals surface area contributed by atoms with Crippen LogP contribution in [0.3, 0.4) is 0 Å². The zero-order valence-corrected chi connectivity index (χ0v) is 20.0. The Hall–Kier alpha value is -3.63. The minimum absolute atomic E-state index is 0.0494. The highest BCUT2D eigenvalue weighted by molar-refractivity contribution is 7.75. The first-order valence-corrected chi connectivity index (χ1v) is 12.2. The van der Waals surface area contributed by atoms with Gasteiger partial charge in [-0.05, 0) is 55.0 Å². The van der Waals surface area contributed by atoms with Crippen LogP contribution in [-0.2, 0) is 15.6 Å². The Labute approximate surface area is 200 Å². The Morgan fingerprint density at radius 3 is 2.79 bits per heavy atom. The minimum Gasteiger partial charge on any atom is -0.619 e. The van der Waals surface area contributed by atoms with Crippen LogP contribution in [0.25, 0.3) is 10.9 Å². The number of aromatic nitrogens is 2. The summed E-state index contributed by atoms with van der Waals surface area (Å²) in [4.78, 5) is 16.3. The third kappa shape index (κ3) is 4.42. The number of nitrogens with zero attached hydrogens (tertiary/aromatic N) is 2. The van der Waals surface area contributed by atoms with Crippen molar-refractivity contribution in [1.82, 2.24) is 10.3 Å². The van der Waals surface area contributed by atoms with Gasteiger partial charge in [0.1, 0.15) is 5.69 Å². The highest BCUT2D eigenvalue weighted by Crippen LogP contribution is 2.47. The second-order valence-electron chi connectivity index (χ2n) is 7.70. The van der Waals surface area contributed by atoms with Crippen LogP contribution in [-0.4, -0.2) is 18.0 Å². The van der Waals surface area contributed by atoms with Crippen LogP contribution < -0.4 is 20.7 Å². The molecule has 0 bridgehead atoms. The number of carbonyl (C=O) groups excluding carboxylic acids is 1. The maximum Gasteiger partial charge on any atom is 0.268 e. The van der Waals surface area contributed by atoms with Gasteiger partial charge in [0.25, 0.3) is 13.3 Å². The number of hydrogen-bond donors (Lipinski definition) is 2. The molecule has 172 valence electrons. The monoisotopic (exact) mass is 494 g/mol. The molecule has 0 aliphatic heterocycles. The summed E-state index contributed by atoms with van der Waals surface area (Å²) < 4.78 is 20.7. The zero-order valence-electron chi connectivity index (χ0n) is 18.3. The van der Waals surface area contributed by atoms with Crippen LogP contribution in [0, 0.1) is 23.5 Å². The summed E-state index contributed by atoms with van der Waals surface area (Å²) in [5, 5.41) is 25.0. The fourth-order valence-corrected chi connectivity index (χ4v) is 6.28. The largest absolute Gasteiger partial charge is 0.619 e. The lowest BCUT2D eigenvalue weighted by atomic mass is 10.2. The Bertz CT molecular complexity index is 1510. The van der Waals surface area contributed by atoms with Crippen molar-refractivity contribution in [1.29, 1.82) is 5.26 Å². The summed E-state index contributed by atoms with van der Waals surface area (Å²) in [6.45, 7) is 1.87. The Balaban J connectivity index is 1.87. The van der Waals surface area contributed by atoms with Gasteiger partial charge in [0.05, 0.1) is 16.9 Å². The van der Waals surface area contributed by atoms with Gasteiger partial charge >= 0.3 is 0 Å². The molecule has 0 fully saturated rings. The van der Waals surface area contributed by atoms with E-state index in [4.69, 9.17) is 16.1 Å². The summed E-state index contributed by atoms with van der Waals surface area (Å²) in [6.07, 6.45) is 2.69. The topological polar surface area (TPSA) is 122 Å². The van der Waals surface area contributed by atoms with Gasteiger partial charge in [0.15, 0.2) is 12.4 Å². The Morgan fingerprint density at radius 2 is 2.09 bits per heavy atom. The third-order valence-corrected chi connectivity index (χ3v) is 8.07. The molecule has 0 spiro atoms. The summed E-state index contributed by atoms with van der Waals surface area (Å²) in [5.41, 5.74) is 2.25. The SMILES string of the molecule is COP(=O)(c1cc(C)cc(C#N)c1)c1c(C(=O)NCc2ccc[n+]([O-])c2)[nH]c2ccc(Cl)cc12. The summed E-state index contributed by atoms with van der Waals surface area (Å²) in [6, 6.07) is 15.1. The molecule has 0 aliphatic rings. The number of nitriles is 1. The number of amides is 1. The Morgan fingerprint density at radius 1 is 1.29 bits per heavy atom. The van der Waals surface area contributed by atoms with Crippen molar-refractivity contribution in [3.05, 3.63) is 93.5 Å². The van der Waals surface area contributed by atoms with Crippen LogP contribution in [0.15, 0.2) is 60.9 Å². The summed E-state index contributed by atoms with van der Waals surface area (Å²) in [7, 11) is -2.54. The molecule has 1 atom stereocenters. The van der Waals surface area contributed by atoms with E-state index in [0.717, 1.165) is 5.56 Å². The number of aryl methyl sites for hydroxylation is 1. The highest BCUT2D eigenvalue weighted by Gasteiger charge is 2.36. The van der Waals surface area contributed by atoms with Crippen molar-refractivity contribution in [2.75, 3.05) is 7.11 Å². The quantitative estimate of drug-likeness (QED) is 0.241. The molecule has 34 heavy (non-hydrogen) atoms. The smallest absolute Gasteiger partial charge is 0.268 e. The van der Waals surface area contributed by atoms with Gasteiger partial charge in [-0.1, -0.05) is 11.6 Å². The van der Waals surface area contributed by atoms with Gasteiger partial charge in [-0.2, -0.15) is 9.99 Å². The van der Waals surface area contributed by atoms with Gasteiger partial charge in [-0.3, -0.25) is 9.36 Å². The first-order valence-electron chi connectivity index (χ1n) is 10.2. The molecule has 2 heterocycles. The molecule has 0 saturated heterocycles. The lowest BCUT2D eigenvalue weighted by Crippen LogP contribution is -2.31. The lowest BCUT2D eigenvalue weighted by Gasteiger charge is -2.19. The number of fused-ring (bicyclic) bond motifs is 1. The van der Waals surface area contributed by atoms with Gasteiger partial charge < -0.3 is 20.0 Å². The molecule has 0 saturated carbocycles. The number of benzene rings is 2. The Kier molecular flexibility index (Phi) is 6.45. The first-order chi connectivity index (χ1) is 16.2. The molecule has 8 nitrogen and oxygen atoms in total. The van der Waals surface area contributed by atoms with Crippen molar-refractivity contribution in [3.63, 3.8) is 0 Å². The van der Waals surface area contributed by atoms with Gasteiger partial charge in [-0.25, -0.2) is 0 Å². The van der Waals surface area contributed by atoms with Crippen LogP contribution in [0.2, 0.25) is 5.02 Å². The number of pyridine rings is 1. The summed E-state index contributed by atoms with van der Waals surface area (Å²) in [5.74, 6) is -0.533. The number of hydrogen-bond acceptors (Lipinski definition) is 5. The van der Waals surface area contributed by atoms with Crippen molar-refractivity contribution in [2.45, 2.75) is 13.5 Å². The van der Waals surface area contributed by atoms with E-state index < -0.39 is 13.3 Å². The molecule has 4 aromatic rings. The average Bonchev–Trinajstić information content (AvgIpc) is 3.21. The van der Waals surface area contributed by atoms with E-state index in [0.29, 0.717) is 31.8 Å². The van der Waals surface area contributed by atoms with Crippen LogP contribution in [0.1, 0.15) is 27.2 Å². The zero-order chi connectivity index (χ0) is 24.5. The molecule has 1 amide bonds. The van der Waals surface area contributed by atoms with E-state index in [-0.39, 0.29) is 22.8 Å². The minimum atomic E-state index is -3.84. The third-order valence-electron chi connectivity index (χ3n) is 5.33. The second-order valence-corrected chi connectivity index (χ2v) is 10.6. The molecule has 0 radical (unpaired) electrons. The fraction of sp³-hybridized carbons (Fsp3) is 0.125. The van der Waals surface area contributed by atoms with E-state index >= 15 is 0 Å². The molecule has 10 heteroatoms. The number of H-pyrrole nitrogens is 1. The van der Waals surface area contributed by atoms with Crippen LogP contribution in [0.4, 0.5) is 0 Å². The van der Waals surface area contributed by atoms with Crippen molar-refractivity contribution in [2.24, 2.45) is 0 Å². The summed E-state index contributed by atoms with van der Waals surface area (Å²) >= 11 is 6.23. The van der Waals surface area contributed by atoms with Crippen molar-refractivity contribution >= 4 is 46.4 Å². The van der Waals surface area contributed by atoms with E-state index in [2.05, 4.69) is 16.4 Å². The van der Waals surface area contributed by atoms with Gasteiger partial charge in [0, 0.05) is 46.5 Å². The number of rotatable bonds is 6. The average molecular weight is 495 g/mol. The molecule has 2 N–H and O–H groups in total. The predicted molar refractivity (Wildman–Crippen MR) is 130 cm³/mol. The number of carbonyl (C=O) groups is 1. The van der Waals surface area contributed by atoms with E-state index in [1.54, 1.807) is 49.4 Å². The van der Waals surface area contributed by atoms with Crippen molar-refractivity contribution < 1.29 is 18.6 Å². The predicted octanol–water partition coefficient (Wildman–Crippen LogP) is 3.44. The molecule has 4 rings (SSSR count). The number of nitrogens with one attached hydrogen (secondary N) is 2. The number of aromatic amines is 1. The molecule has 2 aromatic heterocycles. The molecule has 1 unspecified atom stereocenters. The standard InChI is InChI=1S/C24H20ClN4O4P/c1-15-8-17(12-26)10-19(9-15)34(32,33-2)23-20-11-18(25)5-6-21(20)28-22(23)24(30)27-13-16-4-3-7-29(31)14-16/h3-11,14,28H,13H2,1-2H3,(H,27,30). The molecular formula is C24H20ClN4O4P. The molecular weight excluding hydrogens is 475 g/mol. The molecule has 0 aliphatic carbocycles. The van der Waals surface area contributed by atoms with Crippen LogP contribution in [0.5, 0.6) is 0 Å². The maximum absolute atomic E-state index is 14.4. The van der Waals surface area contributed by atoms with Gasteiger partial charge in [0.2, 0.25) is 0 Å². The normalized spacial score (nSPS) is 12.8.